The molecule has 1 aromatic carbocycles. The Morgan fingerprint density at radius 3 is 2.59 bits per heavy atom. The van der Waals surface area contributed by atoms with E-state index in [2.05, 4.69) is 10.3 Å². The number of rotatable bonds is 5. The van der Waals surface area contributed by atoms with Crippen LogP contribution >= 0.6 is 11.8 Å². The van der Waals surface area contributed by atoms with Crippen LogP contribution in [0.25, 0.3) is 0 Å². The number of aliphatic imine (C=N–C) groups is 1. The van der Waals surface area contributed by atoms with E-state index in [9.17, 15) is 9.59 Å². The molecule has 0 radical (unpaired) electrons. The molecule has 22 heavy (non-hydrogen) atoms. The Balaban J connectivity index is 2.16. The summed E-state index contributed by atoms with van der Waals surface area (Å²) in [6.45, 7) is 6.93. The first-order valence-corrected chi connectivity index (χ1v) is 8.33. The fraction of sp³-hybridized carbons (Fsp3) is 0.438. The molecule has 0 aromatic heterocycles. The van der Waals surface area contributed by atoms with Gasteiger partial charge in [0.25, 0.3) is 0 Å². The summed E-state index contributed by atoms with van der Waals surface area (Å²) in [5.74, 6) is -0.134. The van der Waals surface area contributed by atoms with Crippen LogP contribution in [0.2, 0.25) is 0 Å². The summed E-state index contributed by atoms with van der Waals surface area (Å²) in [5.41, 5.74) is 1.98. The molecule has 0 unspecified atom stereocenters. The van der Waals surface area contributed by atoms with Gasteiger partial charge in [0.15, 0.2) is 5.17 Å². The van der Waals surface area contributed by atoms with E-state index in [-0.39, 0.29) is 23.5 Å². The molecule has 118 valence electrons. The number of benzene rings is 1. The minimum absolute atomic E-state index is 0.0374. The van der Waals surface area contributed by atoms with Crippen molar-refractivity contribution in [3.63, 3.8) is 0 Å². The zero-order valence-electron chi connectivity index (χ0n) is 13.1. The Morgan fingerprint density at radius 2 is 2.00 bits per heavy atom. The van der Waals surface area contributed by atoms with E-state index in [0.29, 0.717) is 18.3 Å². The maximum Gasteiger partial charge on any atom is 0.242 e. The highest BCUT2D eigenvalue weighted by molar-refractivity contribution is 8.15. The third-order valence-corrected chi connectivity index (χ3v) is 4.52. The molecular formula is C16H21N3O2S. The van der Waals surface area contributed by atoms with Gasteiger partial charge in [0, 0.05) is 19.5 Å². The Hall–Kier alpha value is -1.82. The quantitative estimate of drug-likeness (QED) is 0.907. The van der Waals surface area contributed by atoms with Gasteiger partial charge >= 0.3 is 0 Å². The van der Waals surface area contributed by atoms with E-state index < -0.39 is 0 Å². The number of amidine groups is 1. The second-order valence-corrected chi connectivity index (χ2v) is 6.25. The summed E-state index contributed by atoms with van der Waals surface area (Å²) < 4.78 is 0. The number of carbonyl (C=O) groups is 2. The summed E-state index contributed by atoms with van der Waals surface area (Å²) >= 11 is 1.37. The molecule has 1 N–H and O–H groups in total. The lowest BCUT2D eigenvalue weighted by Gasteiger charge is -2.13. The van der Waals surface area contributed by atoms with E-state index in [0.717, 1.165) is 5.69 Å². The lowest BCUT2D eigenvalue weighted by atomic mass is 10.2. The van der Waals surface area contributed by atoms with Crippen molar-refractivity contribution < 1.29 is 9.59 Å². The zero-order valence-corrected chi connectivity index (χ0v) is 13.9. The molecule has 0 bridgehead atoms. The van der Waals surface area contributed by atoms with Gasteiger partial charge in [-0.25, -0.2) is 4.99 Å². The summed E-state index contributed by atoms with van der Waals surface area (Å²) in [6, 6.07) is 7.84. The molecule has 2 amide bonds. The van der Waals surface area contributed by atoms with Crippen LogP contribution in [-0.2, 0) is 9.59 Å². The van der Waals surface area contributed by atoms with Crippen molar-refractivity contribution in [1.29, 1.82) is 0 Å². The van der Waals surface area contributed by atoms with Crippen molar-refractivity contribution in [1.82, 2.24) is 10.2 Å². The molecule has 1 aliphatic rings. The number of amides is 2. The first-order valence-electron chi connectivity index (χ1n) is 7.45. The highest BCUT2D eigenvalue weighted by Crippen LogP contribution is 2.31. The zero-order chi connectivity index (χ0) is 16.1. The van der Waals surface area contributed by atoms with E-state index >= 15 is 0 Å². The van der Waals surface area contributed by atoms with Crippen LogP contribution in [0, 0.1) is 6.92 Å². The number of nitrogens with zero attached hydrogens (tertiary/aromatic N) is 2. The molecule has 2 rings (SSSR count). The summed E-state index contributed by atoms with van der Waals surface area (Å²) in [6.07, 6.45) is 0.195. The van der Waals surface area contributed by atoms with Crippen LogP contribution < -0.4 is 5.32 Å². The predicted octanol–water partition coefficient (Wildman–Crippen LogP) is 2.47. The molecule has 1 aliphatic heterocycles. The van der Waals surface area contributed by atoms with Gasteiger partial charge in [-0.05, 0) is 32.9 Å². The van der Waals surface area contributed by atoms with Crippen LogP contribution in [0.1, 0.15) is 25.8 Å². The van der Waals surface area contributed by atoms with E-state index in [1.807, 2.05) is 45.0 Å². The van der Waals surface area contributed by atoms with Gasteiger partial charge in [0.05, 0.1) is 5.69 Å². The van der Waals surface area contributed by atoms with Gasteiger partial charge < -0.3 is 5.32 Å². The molecule has 1 saturated heterocycles. The Bertz CT molecular complexity index is 584. The van der Waals surface area contributed by atoms with E-state index in [1.54, 1.807) is 4.90 Å². The Labute approximate surface area is 135 Å². The number of aryl methyl sites for hydroxylation is 1. The number of nitrogens with one attached hydrogen (secondary N) is 1. The second kappa shape index (κ2) is 7.45. The molecule has 0 saturated carbocycles. The van der Waals surface area contributed by atoms with Gasteiger partial charge in [-0.2, -0.15) is 0 Å². The van der Waals surface area contributed by atoms with Gasteiger partial charge in [-0.1, -0.05) is 29.5 Å². The maximum absolute atomic E-state index is 12.4. The molecule has 1 heterocycles. The topological polar surface area (TPSA) is 61.8 Å². The van der Waals surface area contributed by atoms with Crippen LogP contribution in [-0.4, -0.2) is 40.2 Å². The van der Waals surface area contributed by atoms with Gasteiger partial charge in [0.2, 0.25) is 11.8 Å². The molecule has 0 aliphatic carbocycles. The van der Waals surface area contributed by atoms with Gasteiger partial charge in [-0.15, -0.1) is 0 Å². The van der Waals surface area contributed by atoms with E-state index in [4.69, 9.17) is 0 Å². The highest BCUT2D eigenvalue weighted by atomic mass is 32.2. The van der Waals surface area contributed by atoms with Crippen molar-refractivity contribution in [2.24, 2.45) is 4.99 Å². The maximum atomic E-state index is 12.4. The third kappa shape index (κ3) is 3.88. The average Bonchev–Trinajstić information content (AvgIpc) is 2.77. The molecule has 6 heteroatoms. The summed E-state index contributed by atoms with van der Waals surface area (Å²) in [7, 11) is 0. The normalized spacial score (nSPS) is 19.8. The lowest BCUT2D eigenvalue weighted by molar-refractivity contribution is -0.129. The number of hydrogen-bond donors (Lipinski definition) is 1. The fourth-order valence-electron chi connectivity index (χ4n) is 2.18. The monoisotopic (exact) mass is 319 g/mol. The van der Waals surface area contributed by atoms with Crippen LogP contribution in [0.15, 0.2) is 29.3 Å². The largest absolute Gasteiger partial charge is 0.356 e. The second-order valence-electron chi connectivity index (χ2n) is 5.08. The van der Waals surface area contributed by atoms with Crippen molar-refractivity contribution in [2.45, 2.75) is 32.4 Å². The van der Waals surface area contributed by atoms with E-state index in [1.165, 1.54) is 17.3 Å². The third-order valence-electron chi connectivity index (χ3n) is 3.34. The minimum atomic E-state index is -0.379. The number of thioether (sulfide) groups is 1. The summed E-state index contributed by atoms with van der Waals surface area (Å²) in [4.78, 5) is 30.3. The molecule has 1 atom stereocenters. The summed E-state index contributed by atoms with van der Waals surface area (Å²) in [5, 5.41) is 3.03. The van der Waals surface area contributed by atoms with Crippen molar-refractivity contribution in [2.75, 3.05) is 13.1 Å². The van der Waals surface area contributed by atoms with Crippen molar-refractivity contribution >= 4 is 34.4 Å². The van der Waals surface area contributed by atoms with Crippen LogP contribution in [0.3, 0.4) is 0 Å². The van der Waals surface area contributed by atoms with Gasteiger partial charge in [-0.3, -0.25) is 14.5 Å². The number of carbonyl (C=O) groups excluding carboxylic acids is 2. The molecular weight excluding hydrogens is 298 g/mol. The van der Waals surface area contributed by atoms with Gasteiger partial charge in [0.1, 0.15) is 5.25 Å². The lowest BCUT2D eigenvalue weighted by Crippen LogP contribution is -2.34. The van der Waals surface area contributed by atoms with Crippen LogP contribution in [0.5, 0.6) is 0 Å². The first-order chi connectivity index (χ1) is 10.5. The fourth-order valence-corrected chi connectivity index (χ4v) is 3.41. The van der Waals surface area contributed by atoms with Crippen LogP contribution in [0.4, 0.5) is 5.69 Å². The highest BCUT2D eigenvalue weighted by Gasteiger charge is 2.38. The standard InChI is InChI=1S/C16H21N3O2S/c1-4-17-14(20)10-13-15(21)19(5-2)16(22-13)18-12-8-6-11(3)7-9-12/h6-9,13H,4-5,10H2,1-3H3,(H,17,20)/t13-/m0/s1. The smallest absolute Gasteiger partial charge is 0.242 e. The molecule has 5 nitrogen and oxygen atoms in total. The molecule has 0 spiro atoms. The Kier molecular flexibility index (Phi) is 5.60. The average molecular weight is 319 g/mol. The van der Waals surface area contributed by atoms with Crippen molar-refractivity contribution in [3.05, 3.63) is 29.8 Å². The molecule has 1 aromatic rings. The minimum Gasteiger partial charge on any atom is -0.356 e. The SMILES string of the molecule is CCNC(=O)C[C@@H]1SC(=Nc2ccc(C)cc2)N(CC)C1=O. The molecule has 1 fully saturated rings. The first kappa shape index (κ1) is 16.5. The predicted molar refractivity (Wildman–Crippen MR) is 90.3 cm³/mol. The van der Waals surface area contributed by atoms with Crippen molar-refractivity contribution in [3.8, 4) is 0 Å². The Morgan fingerprint density at radius 1 is 1.32 bits per heavy atom. The number of hydrogen-bond acceptors (Lipinski definition) is 4.